The highest BCUT2D eigenvalue weighted by Crippen LogP contribution is 2.20. The molecule has 2 N–H and O–H groups in total. The van der Waals surface area contributed by atoms with Gasteiger partial charge in [-0.1, -0.05) is 18.2 Å². The van der Waals surface area contributed by atoms with Crippen molar-refractivity contribution in [3.05, 3.63) is 36.0 Å². The second kappa shape index (κ2) is 4.61. The summed E-state index contributed by atoms with van der Waals surface area (Å²) in [6.45, 7) is 0. The van der Waals surface area contributed by atoms with Crippen LogP contribution < -0.4 is 5.73 Å². The van der Waals surface area contributed by atoms with E-state index in [-0.39, 0.29) is 0 Å². The van der Waals surface area contributed by atoms with Crippen molar-refractivity contribution in [2.75, 3.05) is 17.7 Å². The number of nitrogens with zero attached hydrogens (tertiary/aromatic N) is 1. The van der Waals surface area contributed by atoms with Gasteiger partial charge in [0.05, 0.1) is 5.52 Å². The molecule has 0 amide bonds. The lowest BCUT2D eigenvalue weighted by Crippen LogP contribution is -2.02. The molecule has 16 heavy (non-hydrogen) atoms. The summed E-state index contributed by atoms with van der Waals surface area (Å²) in [7, 11) is -0.787. The minimum Gasteiger partial charge on any atom is -0.398 e. The summed E-state index contributed by atoms with van der Waals surface area (Å²) in [4.78, 5) is 4.49. The van der Waals surface area contributed by atoms with Crippen LogP contribution in [-0.4, -0.2) is 21.2 Å². The van der Waals surface area contributed by atoms with E-state index in [0.29, 0.717) is 12.2 Å². The predicted molar refractivity (Wildman–Crippen MR) is 68.8 cm³/mol. The van der Waals surface area contributed by atoms with Gasteiger partial charge in [0.1, 0.15) is 0 Å². The number of rotatable bonds is 3. The Balaban J connectivity index is 2.38. The maximum absolute atomic E-state index is 11.0. The highest BCUT2D eigenvalue weighted by molar-refractivity contribution is 7.84. The molecule has 1 aromatic heterocycles. The smallest absolute Gasteiger partial charge is 0.0725 e. The number of fused-ring (bicyclic) bond motifs is 1. The summed E-state index contributed by atoms with van der Waals surface area (Å²) in [5.41, 5.74) is 8.50. The number of aromatic nitrogens is 1. The zero-order chi connectivity index (χ0) is 11.5. The van der Waals surface area contributed by atoms with Gasteiger partial charge in [-0.3, -0.25) is 9.19 Å². The average molecular weight is 234 g/mol. The molecule has 1 unspecified atom stereocenters. The Morgan fingerprint density at radius 3 is 2.88 bits per heavy atom. The first-order valence-corrected chi connectivity index (χ1v) is 6.83. The number of nitrogens with two attached hydrogens (primary N) is 1. The summed E-state index contributed by atoms with van der Waals surface area (Å²) in [5, 5.41) is 0.976. The Morgan fingerprint density at radius 2 is 2.12 bits per heavy atom. The zero-order valence-corrected chi connectivity index (χ0v) is 9.96. The van der Waals surface area contributed by atoms with E-state index in [2.05, 4.69) is 4.98 Å². The van der Waals surface area contributed by atoms with Crippen LogP contribution in [0.1, 0.15) is 5.69 Å². The number of hydrogen-bond donors (Lipinski definition) is 1. The molecule has 0 aliphatic rings. The lowest BCUT2D eigenvalue weighted by molar-refractivity contribution is 0.686. The molecular formula is C12H14N2OS. The molecule has 0 radical (unpaired) electrons. The fourth-order valence-corrected chi connectivity index (χ4v) is 2.13. The number of para-hydroxylation sites is 1. The minimum absolute atomic E-state index is 0.630. The molecule has 0 saturated carbocycles. The molecule has 2 aromatic rings. The van der Waals surface area contributed by atoms with Gasteiger partial charge in [0.25, 0.3) is 0 Å². The first kappa shape index (κ1) is 11.1. The Labute approximate surface area is 97.1 Å². The van der Waals surface area contributed by atoms with Gasteiger partial charge in [-0.15, -0.1) is 0 Å². The van der Waals surface area contributed by atoms with Gasteiger partial charge in [-0.05, 0) is 12.1 Å². The minimum atomic E-state index is -0.787. The number of aryl methyl sites for hydroxylation is 1. The van der Waals surface area contributed by atoms with Crippen molar-refractivity contribution in [3.63, 3.8) is 0 Å². The summed E-state index contributed by atoms with van der Waals surface area (Å²) < 4.78 is 11.0. The molecule has 0 bridgehead atoms. The third-order valence-electron chi connectivity index (χ3n) is 2.45. The Hall–Kier alpha value is -1.42. The van der Waals surface area contributed by atoms with Crippen molar-refractivity contribution in [3.8, 4) is 0 Å². The van der Waals surface area contributed by atoms with E-state index in [9.17, 15) is 4.21 Å². The predicted octanol–water partition coefficient (Wildman–Crippen LogP) is 1.74. The second-order valence-corrected chi connectivity index (χ2v) is 5.30. The maximum atomic E-state index is 11.0. The van der Waals surface area contributed by atoms with Crippen LogP contribution >= 0.6 is 0 Å². The molecular weight excluding hydrogens is 220 g/mol. The molecule has 84 valence electrons. The number of hydrogen-bond acceptors (Lipinski definition) is 3. The van der Waals surface area contributed by atoms with E-state index in [4.69, 9.17) is 5.73 Å². The normalized spacial score (nSPS) is 12.8. The highest BCUT2D eigenvalue weighted by Gasteiger charge is 2.03. The third kappa shape index (κ3) is 2.39. The molecule has 0 spiro atoms. The van der Waals surface area contributed by atoms with Crippen LogP contribution in [0.25, 0.3) is 10.9 Å². The van der Waals surface area contributed by atoms with Gasteiger partial charge < -0.3 is 5.73 Å². The number of nitrogen functional groups attached to an aromatic ring is 1. The third-order valence-corrected chi connectivity index (χ3v) is 3.23. The van der Waals surface area contributed by atoms with Gasteiger partial charge in [0, 0.05) is 46.0 Å². The molecule has 1 aromatic carbocycles. The number of benzene rings is 1. The van der Waals surface area contributed by atoms with Crippen molar-refractivity contribution < 1.29 is 4.21 Å². The van der Waals surface area contributed by atoms with E-state index < -0.39 is 10.8 Å². The monoisotopic (exact) mass is 234 g/mol. The maximum Gasteiger partial charge on any atom is 0.0725 e. The van der Waals surface area contributed by atoms with Gasteiger partial charge in [0.15, 0.2) is 0 Å². The summed E-state index contributed by atoms with van der Waals surface area (Å²) in [5.74, 6) is 0.630. The number of pyridine rings is 1. The largest absolute Gasteiger partial charge is 0.398 e. The molecule has 1 atom stereocenters. The van der Waals surface area contributed by atoms with Crippen LogP contribution in [0.5, 0.6) is 0 Å². The quantitative estimate of drug-likeness (QED) is 0.880. The van der Waals surface area contributed by atoms with Gasteiger partial charge >= 0.3 is 0 Å². The highest BCUT2D eigenvalue weighted by atomic mass is 32.2. The summed E-state index contributed by atoms with van der Waals surface area (Å²) in [6.07, 6.45) is 2.41. The lowest BCUT2D eigenvalue weighted by Gasteiger charge is -2.05. The van der Waals surface area contributed by atoms with Crippen molar-refractivity contribution in [2.45, 2.75) is 6.42 Å². The van der Waals surface area contributed by atoms with Crippen LogP contribution in [-0.2, 0) is 17.2 Å². The summed E-state index contributed by atoms with van der Waals surface area (Å²) in [6, 6.07) is 9.66. The molecule has 0 aliphatic heterocycles. The zero-order valence-electron chi connectivity index (χ0n) is 9.14. The molecule has 3 nitrogen and oxygen atoms in total. The fraction of sp³-hybridized carbons (Fsp3) is 0.250. The topological polar surface area (TPSA) is 56.0 Å². The Kier molecular flexibility index (Phi) is 3.19. The molecule has 1 heterocycles. The van der Waals surface area contributed by atoms with E-state index in [1.54, 1.807) is 6.26 Å². The average Bonchev–Trinajstić information content (AvgIpc) is 2.26. The van der Waals surface area contributed by atoms with Gasteiger partial charge in [-0.25, -0.2) is 0 Å². The second-order valence-electron chi connectivity index (χ2n) is 3.75. The SMILES string of the molecule is CS(=O)CCc1cc(N)c2ccccc2n1. The molecule has 4 heteroatoms. The molecule has 0 aliphatic carbocycles. The lowest BCUT2D eigenvalue weighted by atomic mass is 10.1. The van der Waals surface area contributed by atoms with Crippen molar-refractivity contribution in [1.82, 2.24) is 4.98 Å². The van der Waals surface area contributed by atoms with E-state index in [1.807, 2.05) is 30.3 Å². The van der Waals surface area contributed by atoms with Crippen LogP contribution in [0.2, 0.25) is 0 Å². The van der Waals surface area contributed by atoms with Crippen molar-refractivity contribution >= 4 is 27.4 Å². The number of anilines is 1. The molecule has 2 rings (SSSR count). The fourth-order valence-electron chi connectivity index (χ4n) is 1.64. The van der Waals surface area contributed by atoms with Gasteiger partial charge in [-0.2, -0.15) is 0 Å². The van der Waals surface area contributed by atoms with E-state index in [0.717, 1.165) is 22.3 Å². The van der Waals surface area contributed by atoms with E-state index >= 15 is 0 Å². The van der Waals surface area contributed by atoms with Crippen LogP contribution in [0.15, 0.2) is 30.3 Å². The van der Waals surface area contributed by atoms with Crippen LogP contribution in [0.4, 0.5) is 5.69 Å². The van der Waals surface area contributed by atoms with E-state index in [1.165, 1.54) is 0 Å². The molecule has 0 saturated heterocycles. The van der Waals surface area contributed by atoms with Crippen LogP contribution in [0, 0.1) is 0 Å². The standard InChI is InChI=1S/C12H14N2OS/c1-16(15)7-6-9-8-11(13)10-4-2-3-5-12(10)14-9/h2-5,8H,6-7H2,1H3,(H2,13,14). The van der Waals surface area contributed by atoms with Crippen molar-refractivity contribution in [2.24, 2.45) is 0 Å². The van der Waals surface area contributed by atoms with Crippen molar-refractivity contribution in [1.29, 1.82) is 0 Å². The Bertz CT molecular complexity index is 540. The molecule has 0 fully saturated rings. The van der Waals surface area contributed by atoms with Gasteiger partial charge in [0.2, 0.25) is 0 Å². The van der Waals surface area contributed by atoms with Crippen LogP contribution in [0.3, 0.4) is 0 Å². The first-order valence-electron chi connectivity index (χ1n) is 5.11. The Morgan fingerprint density at radius 1 is 1.38 bits per heavy atom. The first-order chi connectivity index (χ1) is 7.66. The summed E-state index contributed by atoms with van der Waals surface area (Å²) >= 11 is 0.